The highest BCUT2D eigenvalue weighted by molar-refractivity contribution is 7.90. The number of aromatic nitrogens is 2. The summed E-state index contributed by atoms with van der Waals surface area (Å²) >= 11 is 0. The van der Waals surface area contributed by atoms with Crippen LogP contribution in [0.1, 0.15) is 73.3 Å². The van der Waals surface area contributed by atoms with Crippen LogP contribution < -0.4 is 4.18 Å². The van der Waals surface area contributed by atoms with E-state index < -0.39 is 25.7 Å². The molecule has 1 heterocycles. The molecule has 2 rings (SSSR count). The molecule has 0 atom stereocenters. The molecular formula is C23H32N2O6S2. The molecule has 0 aliphatic heterocycles. The average molecular weight is 497 g/mol. The van der Waals surface area contributed by atoms with E-state index in [4.69, 9.17) is 4.18 Å². The van der Waals surface area contributed by atoms with Crippen LogP contribution in [0.5, 0.6) is 5.88 Å². The van der Waals surface area contributed by atoms with E-state index in [1.807, 2.05) is 27.7 Å². The van der Waals surface area contributed by atoms with Crippen LogP contribution in [0, 0.1) is 13.8 Å². The first-order valence-corrected chi connectivity index (χ1v) is 14.3. The van der Waals surface area contributed by atoms with Gasteiger partial charge < -0.3 is 4.18 Å². The Morgan fingerprint density at radius 1 is 1.03 bits per heavy atom. The summed E-state index contributed by atoms with van der Waals surface area (Å²) in [7, 11) is -7.47. The molecule has 0 aliphatic carbocycles. The number of carbonyl (C=O) groups excluding carboxylic acids is 1. The van der Waals surface area contributed by atoms with Crippen molar-refractivity contribution >= 4 is 31.3 Å². The number of hydrogen-bond acceptors (Lipinski definition) is 7. The van der Waals surface area contributed by atoms with Crippen molar-refractivity contribution in [1.29, 1.82) is 0 Å². The van der Waals surface area contributed by atoms with Crippen LogP contribution in [0.2, 0.25) is 0 Å². The summed E-state index contributed by atoms with van der Waals surface area (Å²) in [5.41, 5.74) is 3.28. The molecule has 1 aromatic heterocycles. The van der Waals surface area contributed by atoms with Gasteiger partial charge in [-0.3, -0.25) is 4.79 Å². The Bertz CT molecular complexity index is 1330. The predicted molar refractivity (Wildman–Crippen MR) is 129 cm³/mol. The molecule has 0 amide bonds. The number of nitrogens with zero attached hydrogens (tertiary/aromatic N) is 2. The van der Waals surface area contributed by atoms with Gasteiger partial charge in [-0.1, -0.05) is 18.9 Å². The smallest absolute Gasteiger partial charge is 0.307 e. The first-order chi connectivity index (χ1) is 15.1. The van der Waals surface area contributed by atoms with Crippen LogP contribution >= 0.6 is 0 Å². The Morgan fingerprint density at radius 3 is 2.12 bits per heavy atom. The standard InChI is InChI=1S/C23H32N2O6S2/c1-9-10-13-25-23(31-33(8,29)30)21(17(6)24-25)22(26)18-11-12-19(32(7,27)28)20(16(18)5)15(4)14(2)3/h11-12H,9-10,13H2,1-8H3. The third kappa shape index (κ3) is 5.92. The van der Waals surface area contributed by atoms with Gasteiger partial charge in [-0.15, -0.1) is 0 Å². The molecule has 0 saturated heterocycles. The SMILES string of the molecule is CCCCn1nc(C)c(C(=O)c2ccc(S(C)(=O)=O)c(C(C)=C(C)C)c2C)c1OS(C)(=O)=O. The Kier molecular flexibility index (Phi) is 7.96. The second-order valence-corrected chi connectivity index (χ2v) is 12.0. The fourth-order valence-electron chi connectivity index (χ4n) is 3.60. The number of unbranched alkanes of at least 4 members (excludes halogenated alkanes) is 1. The molecule has 0 unspecified atom stereocenters. The van der Waals surface area contributed by atoms with Crippen LogP contribution in [0.3, 0.4) is 0 Å². The normalized spacial score (nSPS) is 12.0. The van der Waals surface area contributed by atoms with Crippen LogP contribution in [0.25, 0.3) is 5.57 Å². The molecule has 8 nitrogen and oxygen atoms in total. The maximum atomic E-state index is 13.7. The molecule has 0 aliphatic rings. The number of carbonyl (C=O) groups is 1. The van der Waals surface area contributed by atoms with E-state index in [9.17, 15) is 21.6 Å². The number of ketones is 1. The number of benzene rings is 1. The largest absolute Gasteiger partial charge is 0.361 e. The van der Waals surface area contributed by atoms with Crippen LogP contribution in [-0.4, -0.2) is 44.9 Å². The van der Waals surface area contributed by atoms with Gasteiger partial charge in [0.05, 0.1) is 16.8 Å². The zero-order chi connectivity index (χ0) is 25.3. The zero-order valence-corrected chi connectivity index (χ0v) is 22.1. The zero-order valence-electron chi connectivity index (χ0n) is 20.4. The minimum absolute atomic E-state index is 0.0486. The van der Waals surface area contributed by atoms with E-state index in [-0.39, 0.29) is 21.9 Å². The summed E-state index contributed by atoms with van der Waals surface area (Å²) in [6, 6.07) is 2.88. The Morgan fingerprint density at radius 2 is 1.64 bits per heavy atom. The highest BCUT2D eigenvalue weighted by Gasteiger charge is 2.29. The van der Waals surface area contributed by atoms with Gasteiger partial charge in [0.15, 0.2) is 9.84 Å². The van der Waals surface area contributed by atoms with Gasteiger partial charge in [-0.05, 0) is 69.9 Å². The topological polar surface area (TPSA) is 112 Å². The number of aryl methyl sites for hydroxylation is 2. The summed E-state index contributed by atoms with van der Waals surface area (Å²) in [4.78, 5) is 13.8. The first kappa shape index (κ1) is 26.8. The molecule has 0 bridgehead atoms. The van der Waals surface area contributed by atoms with E-state index >= 15 is 0 Å². The lowest BCUT2D eigenvalue weighted by molar-refractivity contribution is 0.103. The molecule has 0 fully saturated rings. The summed E-state index contributed by atoms with van der Waals surface area (Å²) in [5.74, 6) is -0.602. The molecule has 0 N–H and O–H groups in total. The maximum Gasteiger partial charge on any atom is 0.307 e. The summed E-state index contributed by atoms with van der Waals surface area (Å²) < 4.78 is 55.4. The van der Waals surface area contributed by atoms with Gasteiger partial charge in [-0.25, -0.2) is 13.1 Å². The Labute approximate surface area is 196 Å². The van der Waals surface area contributed by atoms with E-state index in [1.165, 1.54) is 16.8 Å². The minimum atomic E-state index is -3.92. The first-order valence-electron chi connectivity index (χ1n) is 10.6. The third-order valence-corrected chi connectivity index (χ3v) is 7.06. The van der Waals surface area contributed by atoms with Gasteiger partial charge in [0.1, 0.15) is 5.56 Å². The summed E-state index contributed by atoms with van der Waals surface area (Å²) in [5, 5.41) is 4.35. The third-order valence-electron chi connectivity index (χ3n) is 5.46. The highest BCUT2D eigenvalue weighted by atomic mass is 32.2. The molecular weight excluding hydrogens is 464 g/mol. The van der Waals surface area contributed by atoms with Crippen LogP contribution in [0.15, 0.2) is 22.6 Å². The lowest BCUT2D eigenvalue weighted by Crippen LogP contribution is -2.15. The molecule has 2 aromatic rings. The Balaban J connectivity index is 2.83. The van der Waals surface area contributed by atoms with Crippen LogP contribution in [0.4, 0.5) is 0 Å². The number of sulfone groups is 1. The molecule has 0 spiro atoms. The van der Waals surface area contributed by atoms with Gasteiger partial charge in [-0.2, -0.15) is 13.5 Å². The van der Waals surface area contributed by atoms with Gasteiger partial charge in [0.2, 0.25) is 11.7 Å². The molecule has 33 heavy (non-hydrogen) atoms. The fourth-order valence-corrected chi connectivity index (χ4v) is 5.05. The lowest BCUT2D eigenvalue weighted by Gasteiger charge is -2.17. The number of rotatable bonds is 9. The minimum Gasteiger partial charge on any atom is -0.361 e. The van der Waals surface area contributed by atoms with Crippen molar-refractivity contribution in [3.8, 4) is 5.88 Å². The molecule has 1 aromatic carbocycles. The maximum absolute atomic E-state index is 13.7. The van der Waals surface area contributed by atoms with Crippen molar-refractivity contribution in [3.05, 3.63) is 45.7 Å². The Hall–Kier alpha value is -2.46. The average Bonchev–Trinajstić information content (AvgIpc) is 2.97. The van der Waals surface area contributed by atoms with Crippen LogP contribution in [-0.2, 0) is 26.5 Å². The highest BCUT2D eigenvalue weighted by Crippen LogP contribution is 2.34. The monoisotopic (exact) mass is 496 g/mol. The van der Waals surface area contributed by atoms with Crippen molar-refractivity contribution < 1.29 is 25.8 Å². The van der Waals surface area contributed by atoms with Gasteiger partial charge >= 0.3 is 10.1 Å². The summed E-state index contributed by atoms with van der Waals surface area (Å²) in [6.07, 6.45) is 3.61. The van der Waals surface area contributed by atoms with E-state index in [0.717, 1.165) is 36.5 Å². The van der Waals surface area contributed by atoms with Gasteiger partial charge in [0.25, 0.3) is 0 Å². The second-order valence-electron chi connectivity index (χ2n) is 8.47. The van der Waals surface area contributed by atoms with E-state index in [0.29, 0.717) is 23.4 Å². The van der Waals surface area contributed by atoms with Crippen molar-refractivity contribution in [3.63, 3.8) is 0 Å². The van der Waals surface area contributed by atoms with E-state index in [2.05, 4.69) is 5.10 Å². The lowest BCUT2D eigenvalue weighted by atomic mass is 9.91. The fraction of sp³-hybridized carbons (Fsp3) is 0.478. The molecule has 0 saturated carbocycles. The van der Waals surface area contributed by atoms with Crippen molar-refractivity contribution in [2.45, 2.75) is 65.8 Å². The number of hydrogen-bond donors (Lipinski definition) is 0. The summed E-state index contributed by atoms with van der Waals surface area (Å²) in [6.45, 7) is 11.2. The predicted octanol–water partition coefficient (Wildman–Crippen LogP) is 4.09. The second kappa shape index (κ2) is 9.80. The van der Waals surface area contributed by atoms with E-state index in [1.54, 1.807) is 13.8 Å². The van der Waals surface area contributed by atoms with Crippen molar-refractivity contribution in [1.82, 2.24) is 9.78 Å². The van der Waals surface area contributed by atoms with Gasteiger partial charge in [0, 0.05) is 18.4 Å². The molecule has 182 valence electrons. The molecule has 10 heteroatoms. The molecule has 0 radical (unpaired) electrons. The van der Waals surface area contributed by atoms with Crippen molar-refractivity contribution in [2.75, 3.05) is 12.5 Å². The van der Waals surface area contributed by atoms with Crippen molar-refractivity contribution in [2.24, 2.45) is 0 Å². The number of allylic oxidation sites excluding steroid dienone is 2. The quantitative estimate of drug-likeness (QED) is 0.380.